The first-order valence-corrected chi connectivity index (χ1v) is 4.46. The highest BCUT2D eigenvalue weighted by molar-refractivity contribution is 5.88. The molecule has 0 aliphatic rings. The number of hydrogen-bond acceptors (Lipinski definition) is 1. The van der Waals surface area contributed by atoms with Crippen molar-refractivity contribution in [2.45, 2.75) is 6.42 Å². The van der Waals surface area contributed by atoms with Gasteiger partial charge >= 0.3 is 5.97 Å². The lowest BCUT2D eigenvalue weighted by Crippen LogP contribution is -2.00. The highest BCUT2D eigenvalue weighted by atomic mass is 16.4. The van der Waals surface area contributed by atoms with E-state index in [9.17, 15) is 4.79 Å². The number of carboxylic acid groups (broad SMARTS) is 1. The lowest BCUT2D eigenvalue weighted by atomic mass is 10.0. The Hall–Kier alpha value is -1.87. The van der Waals surface area contributed by atoms with Crippen LogP contribution in [0.4, 0.5) is 0 Å². The largest absolute Gasteiger partial charge is 0.481 e. The van der Waals surface area contributed by atoms with Crippen LogP contribution >= 0.6 is 0 Å². The monoisotopic (exact) mass is 204 g/mol. The summed E-state index contributed by atoms with van der Waals surface area (Å²) in [6.45, 7) is 0. The third-order valence-electron chi connectivity index (χ3n) is 2.22. The summed E-state index contributed by atoms with van der Waals surface area (Å²) in [5, 5.41) is 10.8. The fraction of sp³-hybridized carbons (Fsp3) is 0.0833. The summed E-state index contributed by atoms with van der Waals surface area (Å²) >= 11 is 0. The molecule has 0 unspecified atom stereocenters. The van der Waals surface area contributed by atoms with Crippen molar-refractivity contribution in [3.63, 3.8) is 0 Å². The lowest BCUT2D eigenvalue weighted by molar-refractivity contribution is -0.136. The Balaban J connectivity index is 0.00000112. The molecular weight excluding hydrogens is 192 g/mol. The highest BCUT2D eigenvalue weighted by Gasteiger charge is 2.03. The van der Waals surface area contributed by atoms with Gasteiger partial charge in [-0.3, -0.25) is 4.79 Å². The van der Waals surface area contributed by atoms with Crippen LogP contribution in [-0.2, 0) is 11.2 Å². The van der Waals surface area contributed by atoms with Crippen LogP contribution in [0.25, 0.3) is 10.8 Å². The Kier molecular flexibility index (Phi) is 3.42. The summed E-state index contributed by atoms with van der Waals surface area (Å²) in [5.41, 5.74) is 0.871. The van der Waals surface area contributed by atoms with Crippen LogP contribution < -0.4 is 0 Å². The molecule has 0 amide bonds. The van der Waals surface area contributed by atoms with Gasteiger partial charge in [0.2, 0.25) is 0 Å². The first-order valence-electron chi connectivity index (χ1n) is 4.46. The van der Waals surface area contributed by atoms with Crippen LogP contribution in [0.3, 0.4) is 0 Å². The summed E-state index contributed by atoms with van der Waals surface area (Å²) in [6, 6.07) is 13.5. The predicted octanol–water partition coefficient (Wildman–Crippen LogP) is 1.64. The number of hydrogen-bond donors (Lipinski definition) is 1. The second-order valence-corrected chi connectivity index (χ2v) is 3.21. The maximum Gasteiger partial charge on any atom is 0.307 e. The van der Waals surface area contributed by atoms with Gasteiger partial charge in [0, 0.05) is 0 Å². The van der Waals surface area contributed by atoms with Gasteiger partial charge in [-0.1, -0.05) is 42.5 Å². The predicted molar refractivity (Wildman–Crippen MR) is 58.9 cm³/mol. The molecule has 0 aliphatic carbocycles. The van der Waals surface area contributed by atoms with Gasteiger partial charge in [-0.2, -0.15) is 0 Å². The average Bonchev–Trinajstić information content (AvgIpc) is 2.18. The third-order valence-corrected chi connectivity index (χ3v) is 2.22. The Labute approximate surface area is 87.3 Å². The maximum absolute atomic E-state index is 10.6. The van der Waals surface area contributed by atoms with Crippen molar-refractivity contribution in [2.75, 3.05) is 0 Å². The van der Waals surface area contributed by atoms with Crippen LogP contribution in [-0.4, -0.2) is 16.6 Å². The molecule has 3 N–H and O–H groups in total. The maximum atomic E-state index is 10.6. The summed E-state index contributed by atoms with van der Waals surface area (Å²) in [7, 11) is 0. The average molecular weight is 204 g/mol. The molecule has 2 aromatic rings. The van der Waals surface area contributed by atoms with Crippen molar-refractivity contribution in [1.82, 2.24) is 0 Å². The number of carboxylic acids is 1. The van der Waals surface area contributed by atoms with E-state index in [0.29, 0.717) is 0 Å². The van der Waals surface area contributed by atoms with E-state index in [2.05, 4.69) is 0 Å². The molecule has 0 aromatic heterocycles. The molecule has 78 valence electrons. The standard InChI is InChI=1S/C12H10O2.H2O/c13-12(14)8-10-6-3-5-9-4-1-2-7-11(9)10;/h1-7H,8H2,(H,13,14);1H2. The first-order chi connectivity index (χ1) is 6.77. The first kappa shape index (κ1) is 11.2. The molecule has 3 heteroatoms. The number of fused-ring (bicyclic) bond motifs is 1. The van der Waals surface area contributed by atoms with Crippen molar-refractivity contribution in [3.05, 3.63) is 48.0 Å². The van der Waals surface area contributed by atoms with Crippen molar-refractivity contribution in [2.24, 2.45) is 0 Å². The van der Waals surface area contributed by atoms with Crippen LogP contribution in [0.2, 0.25) is 0 Å². The Morgan fingerprint density at radius 1 is 1.07 bits per heavy atom. The molecule has 0 fully saturated rings. The summed E-state index contributed by atoms with van der Waals surface area (Å²) in [5.74, 6) is -0.790. The zero-order valence-corrected chi connectivity index (χ0v) is 8.10. The zero-order valence-electron chi connectivity index (χ0n) is 8.10. The van der Waals surface area contributed by atoms with Gasteiger partial charge in [-0.15, -0.1) is 0 Å². The molecule has 0 bridgehead atoms. The number of carbonyl (C=O) groups is 1. The fourth-order valence-corrected chi connectivity index (χ4v) is 1.61. The quantitative estimate of drug-likeness (QED) is 0.807. The van der Waals surface area contributed by atoms with Crippen LogP contribution in [0, 0.1) is 0 Å². The van der Waals surface area contributed by atoms with Crippen molar-refractivity contribution < 1.29 is 15.4 Å². The van der Waals surface area contributed by atoms with Gasteiger partial charge in [0.05, 0.1) is 6.42 Å². The van der Waals surface area contributed by atoms with Gasteiger partial charge in [0.25, 0.3) is 0 Å². The smallest absolute Gasteiger partial charge is 0.307 e. The van der Waals surface area contributed by atoms with Gasteiger partial charge in [0.15, 0.2) is 0 Å². The molecule has 3 nitrogen and oxygen atoms in total. The SMILES string of the molecule is O.O=C(O)Cc1cccc2ccccc12. The van der Waals surface area contributed by atoms with Gasteiger partial charge in [-0.25, -0.2) is 0 Å². The van der Waals surface area contributed by atoms with Gasteiger partial charge < -0.3 is 10.6 Å². The van der Waals surface area contributed by atoms with E-state index in [4.69, 9.17) is 5.11 Å². The van der Waals surface area contributed by atoms with Crippen LogP contribution in [0.1, 0.15) is 5.56 Å². The molecule has 2 rings (SSSR count). The molecule has 2 aromatic carbocycles. The molecular formula is C12H12O3. The van der Waals surface area contributed by atoms with Crippen molar-refractivity contribution >= 4 is 16.7 Å². The molecule has 0 aliphatic heterocycles. The molecule has 0 heterocycles. The van der Waals surface area contributed by atoms with Crippen molar-refractivity contribution in [1.29, 1.82) is 0 Å². The Morgan fingerprint density at radius 2 is 1.73 bits per heavy atom. The van der Waals surface area contributed by atoms with E-state index in [-0.39, 0.29) is 11.9 Å². The van der Waals surface area contributed by atoms with E-state index in [1.807, 2.05) is 42.5 Å². The number of aliphatic carboxylic acids is 1. The van der Waals surface area contributed by atoms with E-state index in [1.165, 1.54) is 0 Å². The molecule has 0 atom stereocenters. The minimum absolute atomic E-state index is 0. The molecule has 0 saturated carbocycles. The minimum Gasteiger partial charge on any atom is -0.481 e. The Bertz CT molecular complexity index is 472. The fourth-order valence-electron chi connectivity index (χ4n) is 1.61. The van der Waals surface area contributed by atoms with Crippen molar-refractivity contribution in [3.8, 4) is 0 Å². The summed E-state index contributed by atoms with van der Waals surface area (Å²) in [6.07, 6.45) is 0.0847. The summed E-state index contributed by atoms with van der Waals surface area (Å²) in [4.78, 5) is 10.6. The molecule has 15 heavy (non-hydrogen) atoms. The van der Waals surface area contributed by atoms with Crippen LogP contribution in [0.15, 0.2) is 42.5 Å². The second kappa shape index (κ2) is 4.57. The number of benzene rings is 2. The number of rotatable bonds is 2. The topological polar surface area (TPSA) is 68.8 Å². The lowest BCUT2D eigenvalue weighted by Gasteiger charge is -2.02. The van der Waals surface area contributed by atoms with Crippen LogP contribution in [0.5, 0.6) is 0 Å². The molecule has 0 spiro atoms. The van der Waals surface area contributed by atoms with E-state index in [0.717, 1.165) is 16.3 Å². The summed E-state index contributed by atoms with van der Waals surface area (Å²) < 4.78 is 0. The normalized spacial score (nSPS) is 9.60. The minimum atomic E-state index is -0.790. The van der Waals surface area contributed by atoms with E-state index in [1.54, 1.807) is 0 Å². The highest BCUT2D eigenvalue weighted by Crippen LogP contribution is 2.18. The van der Waals surface area contributed by atoms with E-state index < -0.39 is 5.97 Å². The third kappa shape index (κ3) is 2.33. The van der Waals surface area contributed by atoms with Gasteiger partial charge in [0.1, 0.15) is 0 Å². The zero-order chi connectivity index (χ0) is 9.97. The second-order valence-electron chi connectivity index (χ2n) is 3.21. The molecule has 0 radical (unpaired) electrons. The Morgan fingerprint density at radius 3 is 2.47 bits per heavy atom. The van der Waals surface area contributed by atoms with Gasteiger partial charge in [-0.05, 0) is 16.3 Å². The van der Waals surface area contributed by atoms with E-state index >= 15 is 0 Å². The molecule has 0 saturated heterocycles.